The molecule has 0 atom stereocenters. The Morgan fingerprint density at radius 2 is 1.91 bits per heavy atom. The third kappa shape index (κ3) is 4.34. The highest BCUT2D eigenvalue weighted by atomic mass is 16.2. The Labute approximate surface area is 129 Å². The summed E-state index contributed by atoms with van der Waals surface area (Å²) in [5.41, 5.74) is 1.73. The van der Waals surface area contributed by atoms with Gasteiger partial charge in [0.15, 0.2) is 0 Å². The molecule has 2 aromatic rings. The summed E-state index contributed by atoms with van der Waals surface area (Å²) in [7, 11) is 1.56. The summed E-state index contributed by atoms with van der Waals surface area (Å²) in [4.78, 5) is 23.2. The highest BCUT2D eigenvalue weighted by Crippen LogP contribution is 2.07. The highest BCUT2D eigenvalue weighted by molar-refractivity contribution is 5.93. The first-order chi connectivity index (χ1) is 10.7. The van der Waals surface area contributed by atoms with Gasteiger partial charge in [0.1, 0.15) is 5.69 Å². The van der Waals surface area contributed by atoms with Gasteiger partial charge in [-0.1, -0.05) is 36.4 Å². The number of aromatic nitrogens is 1. The van der Waals surface area contributed by atoms with Gasteiger partial charge in [-0.3, -0.25) is 9.59 Å². The molecule has 5 heteroatoms. The normalized spacial score (nSPS) is 10.6. The predicted molar refractivity (Wildman–Crippen MR) is 85.5 cm³/mol. The Balaban J connectivity index is 1.95. The van der Waals surface area contributed by atoms with Crippen LogP contribution in [0.1, 0.15) is 16.1 Å². The number of nitrogens with zero attached hydrogens (tertiary/aromatic N) is 1. The zero-order valence-corrected chi connectivity index (χ0v) is 12.5. The molecule has 0 aliphatic heterocycles. The van der Waals surface area contributed by atoms with Crippen molar-refractivity contribution >= 4 is 11.8 Å². The third-order valence-corrected chi connectivity index (χ3v) is 3.15. The molecule has 2 amide bonds. The number of hydrogen-bond donors (Lipinski definition) is 2. The topological polar surface area (TPSA) is 63.1 Å². The lowest BCUT2D eigenvalue weighted by atomic mass is 10.2. The maximum absolute atomic E-state index is 12.2. The summed E-state index contributed by atoms with van der Waals surface area (Å²) in [5.74, 6) is -0.357. The van der Waals surface area contributed by atoms with Crippen LogP contribution in [0.15, 0.2) is 60.8 Å². The first-order valence-electron chi connectivity index (χ1n) is 7.06. The number of carbonyl (C=O) groups excluding carboxylic acids is 2. The van der Waals surface area contributed by atoms with Gasteiger partial charge in [0.05, 0.1) is 0 Å². The van der Waals surface area contributed by atoms with Crippen LogP contribution >= 0.6 is 0 Å². The van der Waals surface area contributed by atoms with Crippen LogP contribution in [0.2, 0.25) is 0 Å². The molecule has 1 aromatic heterocycles. The molecular formula is C17H19N3O2. The summed E-state index contributed by atoms with van der Waals surface area (Å²) < 4.78 is 1.90. The molecule has 22 heavy (non-hydrogen) atoms. The number of carbonyl (C=O) groups is 2. The summed E-state index contributed by atoms with van der Waals surface area (Å²) in [6.07, 6.45) is 4.88. The maximum atomic E-state index is 12.2. The van der Waals surface area contributed by atoms with E-state index in [4.69, 9.17) is 0 Å². The molecule has 0 aliphatic rings. The van der Waals surface area contributed by atoms with Crippen LogP contribution in [-0.4, -0.2) is 30.0 Å². The van der Waals surface area contributed by atoms with Crippen LogP contribution in [0.4, 0.5) is 0 Å². The zero-order chi connectivity index (χ0) is 15.8. The van der Waals surface area contributed by atoms with Crippen molar-refractivity contribution in [3.63, 3.8) is 0 Å². The Morgan fingerprint density at radius 1 is 1.14 bits per heavy atom. The van der Waals surface area contributed by atoms with E-state index < -0.39 is 0 Å². The number of benzene rings is 1. The van der Waals surface area contributed by atoms with E-state index in [2.05, 4.69) is 10.6 Å². The third-order valence-electron chi connectivity index (χ3n) is 3.15. The largest absolute Gasteiger partial charge is 0.356 e. The molecule has 2 rings (SSSR count). The quantitative estimate of drug-likeness (QED) is 0.795. The van der Waals surface area contributed by atoms with E-state index in [1.807, 2.05) is 47.2 Å². The molecule has 0 radical (unpaired) electrons. The van der Waals surface area contributed by atoms with Crippen LogP contribution in [0, 0.1) is 0 Å². The molecule has 0 unspecified atom stereocenters. The Morgan fingerprint density at radius 3 is 2.64 bits per heavy atom. The molecule has 5 nitrogen and oxygen atoms in total. The van der Waals surface area contributed by atoms with Gasteiger partial charge in [-0.15, -0.1) is 0 Å². The first-order valence-corrected chi connectivity index (χ1v) is 7.06. The number of nitrogens with one attached hydrogen (secondary N) is 2. The average molecular weight is 297 g/mol. The molecule has 0 saturated carbocycles. The van der Waals surface area contributed by atoms with Crippen molar-refractivity contribution in [2.24, 2.45) is 0 Å². The van der Waals surface area contributed by atoms with Gasteiger partial charge in [-0.2, -0.15) is 0 Å². The molecule has 1 heterocycles. The molecule has 0 aliphatic carbocycles. The Kier molecular flexibility index (Phi) is 5.54. The van der Waals surface area contributed by atoms with Gasteiger partial charge in [-0.25, -0.2) is 0 Å². The van der Waals surface area contributed by atoms with Gasteiger partial charge < -0.3 is 15.2 Å². The van der Waals surface area contributed by atoms with Crippen LogP contribution in [-0.2, 0) is 11.3 Å². The maximum Gasteiger partial charge on any atom is 0.268 e. The molecular weight excluding hydrogens is 278 g/mol. The molecule has 0 saturated heterocycles. The van der Waals surface area contributed by atoms with E-state index in [0.29, 0.717) is 18.8 Å². The summed E-state index contributed by atoms with van der Waals surface area (Å²) >= 11 is 0. The SMILES string of the molecule is CNC(=O)/C=C/CNC(=O)c1cccn1Cc1ccccc1. The second-order valence-electron chi connectivity index (χ2n) is 4.73. The fraction of sp³-hybridized carbons (Fsp3) is 0.176. The summed E-state index contributed by atoms with van der Waals surface area (Å²) in [6, 6.07) is 13.6. The van der Waals surface area contributed by atoms with Gasteiger partial charge >= 0.3 is 0 Å². The second kappa shape index (κ2) is 7.83. The van der Waals surface area contributed by atoms with E-state index in [0.717, 1.165) is 5.56 Å². The van der Waals surface area contributed by atoms with Crippen molar-refractivity contribution in [1.29, 1.82) is 0 Å². The van der Waals surface area contributed by atoms with Crippen LogP contribution in [0.3, 0.4) is 0 Å². The Bertz CT molecular complexity index is 660. The predicted octanol–water partition coefficient (Wildman–Crippen LogP) is 1.57. The summed E-state index contributed by atoms with van der Waals surface area (Å²) in [6.45, 7) is 0.952. The fourth-order valence-corrected chi connectivity index (χ4v) is 2.03. The minimum atomic E-state index is -0.193. The number of rotatable bonds is 6. The standard InChI is InChI=1S/C17H19N3O2/c1-18-16(21)10-5-11-19-17(22)15-9-6-12-20(15)13-14-7-3-2-4-8-14/h2-10,12H,11,13H2,1H3,(H,18,21)(H,19,22)/b10-5+. The van der Waals surface area contributed by atoms with E-state index in [-0.39, 0.29) is 11.8 Å². The Hall–Kier alpha value is -2.82. The summed E-state index contributed by atoms with van der Waals surface area (Å²) in [5, 5.41) is 5.24. The molecule has 0 bridgehead atoms. The lowest BCUT2D eigenvalue weighted by Gasteiger charge is -2.09. The van der Waals surface area contributed by atoms with Crippen molar-refractivity contribution < 1.29 is 9.59 Å². The molecule has 1 aromatic carbocycles. The second-order valence-corrected chi connectivity index (χ2v) is 4.73. The molecule has 0 fully saturated rings. The first kappa shape index (κ1) is 15.6. The van der Waals surface area contributed by atoms with Crippen molar-refractivity contribution in [3.8, 4) is 0 Å². The van der Waals surface area contributed by atoms with Gasteiger partial charge in [0.2, 0.25) is 5.91 Å². The van der Waals surface area contributed by atoms with E-state index in [1.54, 1.807) is 19.2 Å². The minimum absolute atomic E-state index is 0.164. The number of amides is 2. The van der Waals surface area contributed by atoms with Crippen LogP contribution in [0.25, 0.3) is 0 Å². The van der Waals surface area contributed by atoms with E-state index >= 15 is 0 Å². The van der Waals surface area contributed by atoms with E-state index in [1.165, 1.54) is 6.08 Å². The molecule has 114 valence electrons. The van der Waals surface area contributed by atoms with Crippen molar-refractivity contribution in [2.45, 2.75) is 6.54 Å². The van der Waals surface area contributed by atoms with Crippen LogP contribution < -0.4 is 10.6 Å². The van der Waals surface area contributed by atoms with Crippen molar-refractivity contribution in [3.05, 3.63) is 72.1 Å². The minimum Gasteiger partial charge on any atom is -0.356 e. The lowest BCUT2D eigenvalue weighted by Crippen LogP contribution is -2.26. The zero-order valence-electron chi connectivity index (χ0n) is 12.5. The van der Waals surface area contributed by atoms with Gasteiger partial charge in [0.25, 0.3) is 5.91 Å². The van der Waals surface area contributed by atoms with Crippen molar-refractivity contribution in [2.75, 3.05) is 13.6 Å². The number of hydrogen-bond acceptors (Lipinski definition) is 2. The lowest BCUT2D eigenvalue weighted by molar-refractivity contribution is -0.116. The van der Waals surface area contributed by atoms with E-state index in [9.17, 15) is 9.59 Å². The highest BCUT2D eigenvalue weighted by Gasteiger charge is 2.09. The monoisotopic (exact) mass is 297 g/mol. The molecule has 2 N–H and O–H groups in total. The van der Waals surface area contributed by atoms with Gasteiger partial charge in [-0.05, 0) is 17.7 Å². The smallest absolute Gasteiger partial charge is 0.268 e. The average Bonchev–Trinajstić information content (AvgIpc) is 3.00. The van der Waals surface area contributed by atoms with Crippen LogP contribution in [0.5, 0.6) is 0 Å². The fourth-order valence-electron chi connectivity index (χ4n) is 2.03. The molecule has 0 spiro atoms. The van der Waals surface area contributed by atoms with Gasteiger partial charge in [0, 0.05) is 32.4 Å². The number of likely N-dealkylation sites (N-methyl/N-ethyl adjacent to an activating group) is 1. The van der Waals surface area contributed by atoms with Crippen molar-refractivity contribution in [1.82, 2.24) is 15.2 Å².